The van der Waals surface area contributed by atoms with Gasteiger partial charge in [0.25, 0.3) is 0 Å². The molecule has 4 heteroatoms. The van der Waals surface area contributed by atoms with Crippen molar-refractivity contribution in [2.75, 3.05) is 14.2 Å². The third-order valence-corrected chi connectivity index (χ3v) is 5.27. The van der Waals surface area contributed by atoms with Crippen molar-refractivity contribution in [3.63, 3.8) is 0 Å². The van der Waals surface area contributed by atoms with Gasteiger partial charge in [-0.3, -0.25) is 0 Å². The molecule has 1 saturated heterocycles. The van der Waals surface area contributed by atoms with E-state index in [1.807, 2.05) is 0 Å². The Morgan fingerprint density at radius 2 is 2.00 bits per heavy atom. The third kappa shape index (κ3) is 2.31. The number of epoxide rings is 1. The van der Waals surface area contributed by atoms with Crippen molar-refractivity contribution >= 4 is 9.28 Å². The van der Waals surface area contributed by atoms with Gasteiger partial charge in [-0.15, -0.1) is 0 Å². The topological polar surface area (TPSA) is 31.0 Å². The fraction of sp³-hybridized carbons (Fsp3) is 1.00. The molecule has 0 N–H and O–H groups in total. The van der Waals surface area contributed by atoms with Gasteiger partial charge in [-0.25, -0.2) is 0 Å². The van der Waals surface area contributed by atoms with Crippen LogP contribution < -0.4 is 0 Å². The number of hydrogen-bond donors (Lipinski definition) is 0. The van der Waals surface area contributed by atoms with Crippen LogP contribution in [0.2, 0.25) is 6.04 Å². The number of hydrogen-bond acceptors (Lipinski definition) is 3. The molecule has 76 valence electrons. The minimum absolute atomic E-state index is 0.585. The van der Waals surface area contributed by atoms with E-state index in [0.29, 0.717) is 12.2 Å². The summed E-state index contributed by atoms with van der Waals surface area (Å²) in [6.07, 6.45) is 4.99. The number of ether oxygens (including phenoxy) is 1. The molecule has 0 radical (unpaired) electrons. The highest BCUT2D eigenvalue weighted by molar-refractivity contribution is 6.44. The van der Waals surface area contributed by atoms with E-state index in [1.54, 1.807) is 14.2 Å². The summed E-state index contributed by atoms with van der Waals surface area (Å²) in [6.45, 7) is 0. The van der Waals surface area contributed by atoms with E-state index in [1.165, 1.54) is 19.3 Å². The van der Waals surface area contributed by atoms with Crippen LogP contribution in [-0.2, 0) is 13.6 Å². The molecule has 1 aliphatic carbocycles. The molecule has 2 fully saturated rings. The Morgan fingerprint density at radius 3 is 2.62 bits per heavy atom. The van der Waals surface area contributed by atoms with Gasteiger partial charge < -0.3 is 13.6 Å². The molecule has 1 aliphatic heterocycles. The predicted octanol–water partition coefficient (Wildman–Crippen LogP) is 1.07. The zero-order chi connectivity index (χ0) is 9.26. The first kappa shape index (κ1) is 9.64. The highest BCUT2D eigenvalue weighted by Crippen LogP contribution is 2.41. The molecule has 2 rings (SSSR count). The van der Waals surface area contributed by atoms with Crippen LogP contribution in [0.15, 0.2) is 0 Å². The molecule has 13 heavy (non-hydrogen) atoms. The molecule has 1 saturated carbocycles. The monoisotopic (exact) mass is 202 g/mol. The van der Waals surface area contributed by atoms with Crippen LogP contribution in [0.3, 0.4) is 0 Å². The number of rotatable bonds is 4. The van der Waals surface area contributed by atoms with Crippen LogP contribution >= 0.6 is 0 Å². The van der Waals surface area contributed by atoms with E-state index in [0.717, 1.165) is 12.0 Å². The Bertz CT molecular complexity index is 172. The first-order valence-electron chi connectivity index (χ1n) is 5.04. The third-order valence-electron chi connectivity index (χ3n) is 3.16. The second kappa shape index (κ2) is 4.08. The van der Waals surface area contributed by atoms with Crippen molar-refractivity contribution in [3.8, 4) is 0 Å². The molecular formula is C9H18O3Si. The molecule has 1 heterocycles. The fourth-order valence-corrected chi connectivity index (χ4v) is 3.81. The van der Waals surface area contributed by atoms with E-state index in [9.17, 15) is 0 Å². The van der Waals surface area contributed by atoms with Crippen LogP contribution in [-0.4, -0.2) is 35.7 Å². The van der Waals surface area contributed by atoms with Gasteiger partial charge in [-0.05, 0) is 31.2 Å². The maximum Gasteiger partial charge on any atom is 0.321 e. The Hall–Kier alpha value is 0.0969. The van der Waals surface area contributed by atoms with E-state index in [4.69, 9.17) is 13.6 Å². The van der Waals surface area contributed by atoms with Crippen LogP contribution in [0.5, 0.6) is 0 Å². The quantitative estimate of drug-likeness (QED) is 0.505. The summed E-state index contributed by atoms with van der Waals surface area (Å²) in [4.78, 5) is 0. The van der Waals surface area contributed by atoms with E-state index in [2.05, 4.69) is 0 Å². The molecule has 0 bridgehead atoms. The summed E-state index contributed by atoms with van der Waals surface area (Å²) >= 11 is 0. The van der Waals surface area contributed by atoms with Crippen molar-refractivity contribution in [2.45, 2.75) is 37.5 Å². The second-order valence-corrected chi connectivity index (χ2v) is 6.30. The summed E-state index contributed by atoms with van der Waals surface area (Å²) in [7, 11) is 2.20. The van der Waals surface area contributed by atoms with Gasteiger partial charge in [0.1, 0.15) is 0 Å². The van der Waals surface area contributed by atoms with Crippen LogP contribution in [0.25, 0.3) is 0 Å². The van der Waals surface area contributed by atoms with Crippen molar-refractivity contribution in [1.82, 2.24) is 0 Å². The minimum atomic E-state index is -1.33. The molecule has 3 unspecified atom stereocenters. The normalized spacial score (nSPS) is 37.6. The first-order chi connectivity index (χ1) is 6.33. The molecule has 0 aromatic carbocycles. The SMILES string of the molecule is CO[SiH](CC1CCC2OC2C1)OC. The maximum atomic E-state index is 5.49. The summed E-state index contributed by atoms with van der Waals surface area (Å²) in [6, 6.07) is 1.15. The molecular weight excluding hydrogens is 184 g/mol. The van der Waals surface area contributed by atoms with Crippen molar-refractivity contribution in [1.29, 1.82) is 0 Å². The van der Waals surface area contributed by atoms with Crippen molar-refractivity contribution in [2.24, 2.45) is 5.92 Å². The van der Waals surface area contributed by atoms with Gasteiger partial charge in [-0.1, -0.05) is 0 Å². The lowest BCUT2D eigenvalue weighted by Crippen LogP contribution is -2.25. The van der Waals surface area contributed by atoms with Gasteiger partial charge >= 0.3 is 9.28 Å². The lowest BCUT2D eigenvalue weighted by molar-refractivity contribution is 0.262. The largest absolute Gasteiger partial charge is 0.400 e. The highest BCUT2D eigenvalue weighted by atomic mass is 28.3. The molecule has 0 aromatic heterocycles. The summed E-state index contributed by atoms with van der Waals surface area (Å²) in [5.41, 5.74) is 0. The Labute approximate surface area is 81.2 Å². The zero-order valence-corrected chi connectivity index (χ0v) is 9.52. The molecule has 2 aliphatic rings. The van der Waals surface area contributed by atoms with Crippen LogP contribution in [0.1, 0.15) is 19.3 Å². The van der Waals surface area contributed by atoms with Crippen molar-refractivity contribution < 1.29 is 13.6 Å². The van der Waals surface area contributed by atoms with Crippen molar-refractivity contribution in [3.05, 3.63) is 0 Å². The number of fused-ring (bicyclic) bond motifs is 1. The fourth-order valence-electron chi connectivity index (χ4n) is 2.26. The lowest BCUT2D eigenvalue weighted by atomic mass is 9.91. The highest BCUT2D eigenvalue weighted by Gasteiger charge is 2.44. The lowest BCUT2D eigenvalue weighted by Gasteiger charge is -2.21. The van der Waals surface area contributed by atoms with E-state index in [-0.39, 0.29) is 0 Å². The molecule has 3 nitrogen and oxygen atoms in total. The molecule has 0 aromatic rings. The van der Waals surface area contributed by atoms with Gasteiger partial charge in [-0.2, -0.15) is 0 Å². The smallest absolute Gasteiger partial charge is 0.321 e. The summed E-state index contributed by atoms with van der Waals surface area (Å²) < 4.78 is 16.1. The zero-order valence-electron chi connectivity index (χ0n) is 8.36. The molecule has 0 spiro atoms. The Kier molecular flexibility index (Phi) is 3.03. The van der Waals surface area contributed by atoms with E-state index >= 15 is 0 Å². The second-order valence-electron chi connectivity index (χ2n) is 4.03. The summed E-state index contributed by atoms with van der Waals surface area (Å²) in [5.74, 6) is 0.792. The van der Waals surface area contributed by atoms with E-state index < -0.39 is 9.28 Å². The average Bonchev–Trinajstić information content (AvgIpc) is 2.92. The average molecular weight is 202 g/mol. The summed E-state index contributed by atoms with van der Waals surface area (Å²) in [5, 5.41) is 0. The molecule has 3 atom stereocenters. The first-order valence-corrected chi connectivity index (χ1v) is 6.80. The molecule has 0 amide bonds. The van der Waals surface area contributed by atoms with Crippen LogP contribution in [0.4, 0.5) is 0 Å². The van der Waals surface area contributed by atoms with Gasteiger partial charge in [0.2, 0.25) is 0 Å². The van der Waals surface area contributed by atoms with Crippen LogP contribution in [0, 0.1) is 5.92 Å². The predicted molar refractivity (Wildman–Crippen MR) is 52.0 cm³/mol. The van der Waals surface area contributed by atoms with Gasteiger partial charge in [0, 0.05) is 14.2 Å². The minimum Gasteiger partial charge on any atom is -0.400 e. The maximum absolute atomic E-state index is 5.49. The van der Waals surface area contributed by atoms with Gasteiger partial charge in [0.15, 0.2) is 0 Å². The Morgan fingerprint density at radius 1 is 1.23 bits per heavy atom. The van der Waals surface area contributed by atoms with Gasteiger partial charge in [0.05, 0.1) is 12.2 Å². The standard InChI is InChI=1S/C9H18O3Si/c1-10-13(11-2)6-7-3-4-8-9(5-7)12-8/h7-9,13H,3-6H2,1-2H3. The Balaban J connectivity index is 1.73.